The highest BCUT2D eigenvalue weighted by Crippen LogP contribution is 2.53. The second-order valence-corrected chi connectivity index (χ2v) is 8.25. The van der Waals surface area contributed by atoms with Crippen molar-refractivity contribution in [1.82, 2.24) is 15.1 Å². The van der Waals surface area contributed by atoms with Crippen LogP contribution < -0.4 is 5.32 Å². The van der Waals surface area contributed by atoms with Crippen LogP contribution in [0.25, 0.3) is 0 Å². The summed E-state index contributed by atoms with van der Waals surface area (Å²) < 4.78 is 39.7. The summed E-state index contributed by atoms with van der Waals surface area (Å²) in [4.78, 5) is 12.7. The Morgan fingerprint density at radius 1 is 1.20 bits per heavy atom. The van der Waals surface area contributed by atoms with E-state index < -0.39 is 17.9 Å². The van der Waals surface area contributed by atoms with Gasteiger partial charge >= 0.3 is 6.18 Å². The van der Waals surface area contributed by atoms with Gasteiger partial charge in [0.2, 0.25) is 5.91 Å². The molecule has 1 amide bonds. The molecule has 0 radical (unpaired) electrons. The quantitative estimate of drug-likeness (QED) is 0.898. The zero-order valence-electron chi connectivity index (χ0n) is 14.5. The minimum absolute atomic E-state index is 0.181. The van der Waals surface area contributed by atoms with Crippen molar-refractivity contribution >= 4 is 5.91 Å². The molecule has 4 nitrogen and oxygen atoms in total. The van der Waals surface area contributed by atoms with Gasteiger partial charge in [0.05, 0.1) is 0 Å². The summed E-state index contributed by atoms with van der Waals surface area (Å²) in [6, 6.07) is 0.432. The molecule has 4 bridgehead atoms. The molecule has 4 aliphatic rings. The second-order valence-electron chi connectivity index (χ2n) is 8.25. The highest BCUT2D eigenvalue weighted by molar-refractivity contribution is 5.80. The zero-order valence-corrected chi connectivity index (χ0v) is 14.5. The maximum atomic E-state index is 12.8. The SMILES string of the molecule is Cc1cc(C(F)(F)F)nn1[C@H](C)C(=O)NC1C2CC3CC(C2)CC1C3. The number of hydrogen-bond donors (Lipinski definition) is 1. The average molecular weight is 355 g/mol. The topological polar surface area (TPSA) is 46.9 Å². The largest absolute Gasteiger partial charge is 0.435 e. The summed E-state index contributed by atoms with van der Waals surface area (Å²) in [5.74, 6) is 2.48. The van der Waals surface area contributed by atoms with Crippen LogP contribution in [0.5, 0.6) is 0 Å². The Hall–Kier alpha value is -1.53. The van der Waals surface area contributed by atoms with E-state index in [4.69, 9.17) is 0 Å². The molecule has 7 heteroatoms. The van der Waals surface area contributed by atoms with Crippen molar-refractivity contribution in [3.05, 3.63) is 17.5 Å². The first-order chi connectivity index (χ1) is 11.7. The normalized spacial score (nSPS) is 35.0. The third-order valence-corrected chi connectivity index (χ3v) is 6.49. The first-order valence-corrected chi connectivity index (χ1v) is 9.16. The van der Waals surface area contributed by atoms with Crippen LogP contribution in [0.2, 0.25) is 0 Å². The van der Waals surface area contributed by atoms with E-state index in [2.05, 4.69) is 10.4 Å². The molecule has 0 aromatic carbocycles. The molecule has 5 rings (SSSR count). The molecule has 1 aromatic rings. The highest BCUT2D eigenvalue weighted by atomic mass is 19.4. The number of nitrogens with one attached hydrogen (secondary N) is 1. The fourth-order valence-electron chi connectivity index (χ4n) is 5.58. The van der Waals surface area contributed by atoms with Crippen LogP contribution in [-0.4, -0.2) is 21.7 Å². The number of carbonyl (C=O) groups is 1. The minimum atomic E-state index is -4.49. The Bertz CT molecular complexity index is 654. The number of alkyl halides is 3. The molecule has 25 heavy (non-hydrogen) atoms. The van der Waals surface area contributed by atoms with Crippen LogP contribution in [0.3, 0.4) is 0 Å². The molecule has 1 aromatic heterocycles. The predicted octanol–water partition coefficient (Wildman–Crippen LogP) is 3.71. The Balaban J connectivity index is 1.47. The molecular weight excluding hydrogens is 331 g/mol. The molecule has 1 atom stereocenters. The molecule has 0 spiro atoms. The van der Waals surface area contributed by atoms with Gasteiger partial charge in [0.1, 0.15) is 6.04 Å². The Morgan fingerprint density at radius 3 is 2.24 bits per heavy atom. The number of halogens is 3. The van der Waals surface area contributed by atoms with E-state index in [-0.39, 0.29) is 11.9 Å². The summed E-state index contributed by atoms with van der Waals surface area (Å²) in [6.07, 6.45) is 1.60. The maximum Gasteiger partial charge on any atom is 0.435 e. The molecule has 0 saturated heterocycles. The zero-order chi connectivity index (χ0) is 17.9. The van der Waals surface area contributed by atoms with Crippen molar-refractivity contribution in [3.63, 3.8) is 0 Å². The van der Waals surface area contributed by atoms with Gasteiger partial charge in [0.15, 0.2) is 5.69 Å². The first kappa shape index (κ1) is 16.9. The third-order valence-electron chi connectivity index (χ3n) is 6.49. The Kier molecular flexibility index (Phi) is 3.88. The van der Waals surface area contributed by atoms with Gasteiger partial charge in [-0.25, -0.2) is 0 Å². The molecule has 1 heterocycles. The van der Waals surface area contributed by atoms with Crippen molar-refractivity contribution in [3.8, 4) is 0 Å². The van der Waals surface area contributed by atoms with Crippen LogP contribution in [-0.2, 0) is 11.0 Å². The summed E-state index contributed by atoms with van der Waals surface area (Å²) in [5, 5.41) is 6.77. The van der Waals surface area contributed by atoms with Gasteiger partial charge in [0, 0.05) is 11.7 Å². The van der Waals surface area contributed by atoms with E-state index >= 15 is 0 Å². The van der Waals surface area contributed by atoms with E-state index in [0.717, 1.165) is 17.9 Å². The number of amides is 1. The lowest BCUT2D eigenvalue weighted by Gasteiger charge is -2.54. The van der Waals surface area contributed by atoms with Crippen LogP contribution >= 0.6 is 0 Å². The van der Waals surface area contributed by atoms with Crippen LogP contribution in [0.1, 0.15) is 56.5 Å². The van der Waals surface area contributed by atoms with E-state index in [9.17, 15) is 18.0 Å². The van der Waals surface area contributed by atoms with Crippen molar-refractivity contribution in [2.45, 2.75) is 64.2 Å². The molecule has 4 fully saturated rings. The molecule has 4 saturated carbocycles. The predicted molar refractivity (Wildman–Crippen MR) is 85.7 cm³/mol. The fraction of sp³-hybridized carbons (Fsp3) is 0.778. The van der Waals surface area contributed by atoms with E-state index in [1.165, 1.54) is 36.8 Å². The van der Waals surface area contributed by atoms with Gasteiger partial charge in [0.25, 0.3) is 0 Å². The third kappa shape index (κ3) is 2.95. The van der Waals surface area contributed by atoms with Gasteiger partial charge in [-0.15, -0.1) is 0 Å². The smallest absolute Gasteiger partial charge is 0.351 e. The van der Waals surface area contributed by atoms with Crippen LogP contribution in [0, 0.1) is 30.6 Å². The first-order valence-electron chi connectivity index (χ1n) is 9.16. The maximum absolute atomic E-state index is 12.8. The number of rotatable bonds is 3. The highest BCUT2D eigenvalue weighted by Gasteiger charge is 2.49. The van der Waals surface area contributed by atoms with E-state index in [0.29, 0.717) is 17.5 Å². The number of carbonyl (C=O) groups excluding carboxylic acids is 1. The number of nitrogens with zero attached hydrogens (tertiary/aromatic N) is 2. The lowest BCUT2D eigenvalue weighted by Crippen LogP contribution is -2.56. The van der Waals surface area contributed by atoms with Crippen molar-refractivity contribution in [2.75, 3.05) is 0 Å². The van der Waals surface area contributed by atoms with Gasteiger partial charge in [-0.3, -0.25) is 9.48 Å². The van der Waals surface area contributed by atoms with E-state index in [1.54, 1.807) is 13.8 Å². The second kappa shape index (κ2) is 5.74. The summed E-state index contributed by atoms with van der Waals surface area (Å²) >= 11 is 0. The van der Waals surface area contributed by atoms with Gasteiger partial charge in [-0.05, 0) is 75.7 Å². The molecule has 0 aliphatic heterocycles. The summed E-state index contributed by atoms with van der Waals surface area (Å²) in [6.45, 7) is 3.17. The Morgan fingerprint density at radius 2 is 1.76 bits per heavy atom. The molecule has 4 aliphatic carbocycles. The average Bonchev–Trinajstić information content (AvgIpc) is 2.91. The summed E-state index contributed by atoms with van der Waals surface area (Å²) in [5.41, 5.74) is -0.598. The van der Waals surface area contributed by atoms with Crippen LogP contribution in [0.4, 0.5) is 13.2 Å². The lowest BCUT2D eigenvalue weighted by molar-refractivity contribution is -0.142. The van der Waals surface area contributed by atoms with Gasteiger partial charge in [-0.1, -0.05) is 0 Å². The molecular formula is C18H24F3N3O. The van der Waals surface area contributed by atoms with Gasteiger partial charge < -0.3 is 5.32 Å². The van der Waals surface area contributed by atoms with Gasteiger partial charge in [-0.2, -0.15) is 18.3 Å². The number of aromatic nitrogens is 2. The molecule has 1 N–H and O–H groups in total. The number of aryl methyl sites for hydroxylation is 1. The van der Waals surface area contributed by atoms with Crippen LogP contribution in [0.15, 0.2) is 6.07 Å². The number of hydrogen-bond acceptors (Lipinski definition) is 2. The van der Waals surface area contributed by atoms with Crippen molar-refractivity contribution in [2.24, 2.45) is 23.7 Å². The molecule has 138 valence electrons. The Labute approximate surface area is 145 Å². The van der Waals surface area contributed by atoms with E-state index in [1.807, 2.05) is 0 Å². The van der Waals surface area contributed by atoms with Crippen molar-refractivity contribution in [1.29, 1.82) is 0 Å². The minimum Gasteiger partial charge on any atom is -0.351 e. The fourth-order valence-corrected chi connectivity index (χ4v) is 5.58. The van der Waals surface area contributed by atoms with Crippen molar-refractivity contribution < 1.29 is 18.0 Å². The monoisotopic (exact) mass is 355 g/mol. The summed E-state index contributed by atoms with van der Waals surface area (Å²) in [7, 11) is 0. The molecule has 0 unspecified atom stereocenters. The lowest BCUT2D eigenvalue weighted by atomic mass is 9.54. The standard InChI is InChI=1S/C18H24F3N3O/c1-9-3-15(18(19,20)21)23-24(9)10(2)17(25)22-16-13-5-11-4-12(7-13)8-14(16)6-11/h3,10-14,16H,4-8H2,1-2H3,(H,22,25)/t10-,11?,12?,13?,14?,16?/m1/s1.